The van der Waals surface area contributed by atoms with Crippen LogP contribution in [0.5, 0.6) is 0 Å². The predicted molar refractivity (Wildman–Crippen MR) is 119 cm³/mol. The van der Waals surface area contributed by atoms with Crippen LogP contribution >= 0.6 is 0 Å². The lowest BCUT2D eigenvalue weighted by atomic mass is 9.80. The molecule has 0 aliphatic carbocycles. The summed E-state index contributed by atoms with van der Waals surface area (Å²) in [6.45, 7) is 15.0. The number of aromatic amines is 1. The van der Waals surface area contributed by atoms with E-state index in [0.29, 0.717) is 12.2 Å². The van der Waals surface area contributed by atoms with Crippen molar-refractivity contribution in [2.45, 2.75) is 65.7 Å². The summed E-state index contributed by atoms with van der Waals surface area (Å²) >= 11 is 0. The smallest absolute Gasteiger partial charge is 0.310 e. The Hall–Kier alpha value is -2.62. The van der Waals surface area contributed by atoms with Crippen LogP contribution < -0.4 is 0 Å². The standard InChI is InChI=1S/C25H31NO3/c1-8-29-22(28)13-16-19(14-27)23-18(12-20(16)25(5,6)7)17-11-15(24(2,3)4)9-10-21(17)26-23/h9-12,14,26H,8,13H2,1-7H3. The summed E-state index contributed by atoms with van der Waals surface area (Å²) in [7, 11) is 0. The highest BCUT2D eigenvalue weighted by Gasteiger charge is 2.26. The number of hydrogen-bond acceptors (Lipinski definition) is 3. The highest BCUT2D eigenvalue weighted by Crippen LogP contribution is 2.38. The number of aromatic nitrogens is 1. The summed E-state index contributed by atoms with van der Waals surface area (Å²) in [5.74, 6) is -0.313. The van der Waals surface area contributed by atoms with Gasteiger partial charge in [0.1, 0.15) is 0 Å². The molecule has 1 aromatic heterocycles. The van der Waals surface area contributed by atoms with Crippen LogP contribution in [-0.2, 0) is 26.8 Å². The van der Waals surface area contributed by atoms with Gasteiger partial charge in [0.15, 0.2) is 6.29 Å². The van der Waals surface area contributed by atoms with Crippen molar-refractivity contribution in [3.05, 3.63) is 46.5 Å². The highest BCUT2D eigenvalue weighted by molar-refractivity contribution is 6.13. The van der Waals surface area contributed by atoms with Gasteiger partial charge in [-0.05, 0) is 52.6 Å². The van der Waals surface area contributed by atoms with Crippen LogP contribution in [0.1, 0.15) is 75.5 Å². The van der Waals surface area contributed by atoms with E-state index in [0.717, 1.165) is 39.2 Å². The van der Waals surface area contributed by atoms with Crippen LogP contribution in [0.25, 0.3) is 21.8 Å². The second-order valence-corrected chi connectivity index (χ2v) is 9.72. The molecule has 2 aromatic carbocycles. The number of H-pyrrole nitrogens is 1. The van der Waals surface area contributed by atoms with Crippen molar-refractivity contribution in [1.82, 2.24) is 4.98 Å². The van der Waals surface area contributed by atoms with Gasteiger partial charge < -0.3 is 9.72 Å². The van der Waals surface area contributed by atoms with E-state index < -0.39 is 0 Å². The Bertz CT molecular complexity index is 1090. The Kier molecular flexibility index (Phi) is 5.33. The van der Waals surface area contributed by atoms with Gasteiger partial charge in [-0.2, -0.15) is 0 Å². The van der Waals surface area contributed by atoms with Crippen LogP contribution in [0.4, 0.5) is 0 Å². The first-order chi connectivity index (χ1) is 13.5. The normalized spacial score (nSPS) is 12.5. The molecule has 0 amide bonds. The molecule has 154 valence electrons. The van der Waals surface area contributed by atoms with E-state index in [1.54, 1.807) is 6.92 Å². The van der Waals surface area contributed by atoms with Crippen LogP contribution in [0.3, 0.4) is 0 Å². The number of carbonyl (C=O) groups is 2. The van der Waals surface area contributed by atoms with Crippen molar-refractivity contribution < 1.29 is 14.3 Å². The largest absolute Gasteiger partial charge is 0.466 e. The van der Waals surface area contributed by atoms with Crippen LogP contribution in [0.2, 0.25) is 0 Å². The number of benzene rings is 2. The van der Waals surface area contributed by atoms with Gasteiger partial charge in [0.05, 0.1) is 18.5 Å². The van der Waals surface area contributed by atoms with E-state index in [9.17, 15) is 9.59 Å². The zero-order valence-electron chi connectivity index (χ0n) is 18.5. The third-order valence-corrected chi connectivity index (χ3v) is 5.47. The van der Waals surface area contributed by atoms with E-state index in [-0.39, 0.29) is 23.2 Å². The maximum atomic E-state index is 12.3. The van der Waals surface area contributed by atoms with Crippen molar-refractivity contribution in [3.63, 3.8) is 0 Å². The summed E-state index contributed by atoms with van der Waals surface area (Å²) in [6, 6.07) is 8.55. The summed E-state index contributed by atoms with van der Waals surface area (Å²) in [5.41, 5.74) is 5.13. The Morgan fingerprint density at radius 2 is 1.72 bits per heavy atom. The molecule has 3 rings (SSSR count). The molecular formula is C25H31NO3. The molecule has 0 atom stereocenters. The molecule has 4 nitrogen and oxygen atoms in total. The average Bonchev–Trinajstić information content (AvgIpc) is 2.97. The number of fused-ring (bicyclic) bond motifs is 3. The molecular weight excluding hydrogens is 362 g/mol. The molecule has 1 heterocycles. The van der Waals surface area contributed by atoms with Gasteiger partial charge in [0.2, 0.25) is 0 Å². The lowest BCUT2D eigenvalue weighted by Gasteiger charge is -2.24. The second kappa shape index (κ2) is 7.33. The summed E-state index contributed by atoms with van der Waals surface area (Å²) in [6.07, 6.45) is 0.958. The number of esters is 1. The van der Waals surface area contributed by atoms with E-state index >= 15 is 0 Å². The van der Waals surface area contributed by atoms with Crippen molar-refractivity contribution in [1.29, 1.82) is 0 Å². The molecule has 0 unspecified atom stereocenters. The molecule has 0 bridgehead atoms. The number of carbonyl (C=O) groups excluding carboxylic acids is 2. The van der Waals surface area contributed by atoms with E-state index in [1.807, 2.05) is 0 Å². The van der Waals surface area contributed by atoms with E-state index in [2.05, 4.69) is 70.8 Å². The third-order valence-electron chi connectivity index (χ3n) is 5.47. The number of aldehydes is 1. The summed E-state index contributed by atoms with van der Waals surface area (Å²) < 4.78 is 5.17. The molecule has 0 fully saturated rings. The average molecular weight is 394 g/mol. The topological polar surface area (TPSA) is 59.2 Å². The van der Waals surface area contributed by atoms with Crippen LogP contribution in [0, 0.1) is 0 Å². The van der Waals surface area contributed by atoms with Gasteiger partial charge in [-0.25, -0.2) is 0 Å². The third kappa shape index (κ3) is 3.93. The molecule has 0 saturated carbocycles. The van der Waals surface area contributed by atoms with Crippen molar-refractivity contribution in [3.8, 4) is 0 Å². The highest BCUT2D eigenvalue weighted by atomic mass is 16.5. The molecule has 0 aliphatic heterocycles. The lowest BCUT2D eigenvalue weighted by molar-refractivity contribution is -0.142. The van der Waals surface area contributed by atoms with Crippen LogP contribution in [-0.4, -0.2) is 23.8 Å². The minimum Gasteiger partial charge on any atom is -0.466 e. The molecule has 0 spiro atoms. The fourth-order valence-electron chi connectivity index (χ4n) is 3.92. The first-order valence-electron chi connectivity index (χ1n) is 10.2. The Balaban J connectivity index is 2.38. The number of rotatable bonds is 4. The predicted octanol–water partition coefficient (Wildman–Crippen LogP) is 5.83. The number of nitrogens with one attached hydrogen (secondary N) is 1. The molecule has 0 saturated heterocycles. The first-order valence-corrected chi connectivity index (χ1v) is 10.2. The van der Waals surface area contributed by atoms with Gasteiger partial charge in [0.25, 0.3) is 0 Å². The lowest BCUT2D eigenvalue weighted by Crippen LogP contribution is -2.19. The quantitative estimate of drug-likeness (QED) is 0.448. The zero-order valence-corrected chi connectivity index (χ0v) is 18.5. The summed E-state index contributed by atoms with van der Waals surface area (Å²) in [4.78, 5) is 27.9. The van der Waals surface area contributed by atoms with Gasteiger partial charge >= 0.3 is 5.97 Å². The minimum absolute atomic E-state index is 0.0297. The van der Waals surface area contributed by atoms with Crippen molar-refractivity contribution >= 4 is 34.1 Å². The maximum Gasteiger partial charge on any atom is 0.310 e. The Morgan fingerprint density at radius 3 is 2.28 bits per heavy atom. The van der Waals surface area contributed by atoms with Gasteiger partial charge in [-0.3, -0.25) is 9.59 Å². The van der Waals surface area contributed by atoms with E-state index in [1.165, 1.54) is 5.56 Å². The van der Waals surface area contributed by atoms with Gasteiger partial charge in [-0.15, -0.1) is 0 Å². The van der Waals surface area contributed by atoms with Gasteiger partial charge in [-0.1, -0.05) is 47.6 Å². The molecule has 1 N–H and O–H groups in total. The van der Waals surface area contributed by atoms with E-state index in [4.69, 9.17) is 4.74 Å². The minimum atomic E-state index is -0.313. The molecule has 0 aliphatic rings. The summed E-state index contributed by atoms with van der Waals surface area (Å²) in [5, 5.41) is 2.12. The monoisotopic (exact) mass is 393 g/mol. The zero-order chi connectivity index (χ0) is 21.6. The Labute approximate surface area is 172 Å². The number of hydrogen-bond donors (Lipinski definition) is 1. The molecule has 4 heteroatoms. The number of ether oxygens (including phenoxy) is 1. The van der Waals surface area contributed by atoms with Crippen molar-refractivity contribution in [2.24, 2.45) is 0 Å². The van der Waals surface area contributed by atoms with Crippen molar-refractivity contribution in [2.75, 3.05) is 6.61 Å². The maximum absolute atomic E-state index is 12.3. The Morgan fingerprint density at radius 1 is 1.03 bits per heavy atom. The van der Waals surface area contributed by atoms with Crippen LogP contribution in [0.15, 0.2) is 24.3 Å². The SMILES string of the molecule is CCOC(=O)Cc1c(C(C)(C)C)cc2c([nH]c3ccc(C(C)(C)C)cc32)c1C=O. The fraction of sp³-hybridized carbons (Fsp3) is 0.440. The molecule has 3 aromatic rings. The second-order valence-electron chi connectivity index (χ2n) is 9.72. The molecule has 0 radical (unpaired) electrons. The first kappa shape index (κ1) is 21.1. The van der Waals surface area contributed by atoms with Gasteiger partial charge in [0, 0.05) is 21.9 Å². The fourth-order valence-corrected chi connectivity index (χ4v) is 3.92. The molecule has 29 heavy (non-hydrogen) atoms.